The van der Waals surface area contributed by atoms with Crippen molar-refractivity contribution in [3.8, 4) is 0 Å². The van der Waals surface area contributed by atoms with Gasteiger partial charge in [-0.2, -0.15) is 16.9 Å². The Balaban J connectivity index is 2.45. The van der Waals surface area contributed by atoms with E-state index in [1.54, 1.807) is 11.8 Å². The van der Waals surface area contributed by atoms with E-state index >= 15 is 0 Å². The number of aromatic nitrogens is 2. The zero-order chi connectivity index (χ0) is 12.0. The molecule has 2 N–H and O–H groups in total. The summed E-state index contributed by atoms with van der Waals surface area (Å²) >= 11 is 1.69. The molecule has 0 radical (unpaired) electrons. The fourth-order valence-electron chi connectivity index (χ4n) is 1.63. The largest absolute Gasteiger partial charge is 0.395 e. The minimum atomic E-state index is 0.211. The molecular weight excluding hydrogens is 222 g/mol. The molecule has 0 aromatic carbocycles. The summed E-state index contributed by atoms with van der Waals surface area (Å²) in [5, 5.41) is 17.1. The molecule has 2 atom stereocenters. The van der Waals surface area contributed by atoms with Crippen LogP contribution in [0.2, 0.25) is 0 Å². The van der Waals surface area contributed by atoms with E-state index in [0.717, 1.165) is 13.1 Å². The normalized spacial score (nSPS) is 15.0. The molecule has 0 spiro atoms. The molecule has 0 aliphatic carbocycles. The van der Waals surface area contributed by atoms with Gasteiger partial charge in [0.15, 0.2) is 0 Å². The van der Waals surface area contributed by atoms with Gasteiger partial charge in [-0.05, 0) is 26.2 Å². The zero-order valence-electron chi connectivity index (χ0n) is 10.2. The first-order chi connectivity index (χ1) is 7.72. The van der Waals surface area contributed by atoms with Crippen LogP contribution in [-0.2, 0) is 13.1 Å². The molecule has 5 heteroatoms. The molecule has 2 unspecified atom stereocenters. The van der Waals surface area contributed by atoms with Crippen LogP contribution >= 0.6 is 11.8 Å². The third-order valence-corrected chi connectivity index (χ3v) is 3.91. The maximum Gasteiger partial charge on any atom is 0.0564 e. The van der Waals surface area contributed by atoms with E-state index in [0.29, 0.717) is 6.04 Å². The Morgan fingerprint density at radius 2 is 2.38 bits per heavy atom. The highest BCUT2D eigenvalue weighted by Crippen LogP contribution is 2.11. The predicted molar refractivity (Wildman–Crippen MR) is 68.6 cm³/mol. The molecule has 1 aromatic heterocycles. The average molecular weight is 243 g/mol. The second kappa shape index (κ2) is 6.93. The summed E-state index contributed by atoms with van der Waals surface area (Å²) < 4.78 is 1.98. The molecule has 0 saturated heterocycles. The highest BCUT2D eigenvalue weighted by molar-refractivity contribution is 7.99. The summed E-state index contributed by atoms with van der Waals surface area (Å²) in [5.41, 5.74) is 1.19. The highest BCUT2D eigenvalue weighted by Gasteiger charge is 2.14. The topological polar surface area (TPSA) is 50.1 Å². The molecule has 0 bridgehead atoms. The van der Waals surface area contributed by atoms with Crippen LogP contribution < -0.4 is 5.32 Å². The molecular formula is C11H21N3OS. The maximum atomic E-state index is 9.18. The summed E-state index contributed by atoms with van der Waals surface area (Å²) in [5.74, 6) is 0. The van der Waals surface area contributed by atoms with Gasteiger partial charge < -0.3 is 10.4 Å². The Hall–Kier alpha value is -0.520. The van der Waals surface area contributed by atoms with Crippen LogP contribution in [-0.4, -0.2) is 39.0 Å². The lowest BCUT2D eigenvalue weighted by Crippen LogP contribution is -2.37. The van der Waals surface area contributed by atoms with Gasteiger partial charge in [0.05, 0.1) is 12.3 Å². The van der Waals surface area contributed by atoms with Gasteiger partial charge in [-0.1, -0.05) is 0 Å². The van der Waals surface area contributed by atoms with E-state index < -0.39 is 0 Å². The van der Waals surface area contributed by atoms with Gasteiger partial charge >= 0.3 is 0 Å². The first-order valence-corrected chi connectivity index (χ1v) is 6.89. The Morgan fingerprint density at radius 1 is 1.62 bits per heavy atom. The Morgan fingerprint density at radius 3 is 2.94 bits per heavy atom. The van der Waals surface area contributed by atoms with Gasteiger partial charge in [-0.15, -0.1) is 0 Å². The molecule has 1 rings (SSSR count). The van der Waals surface area contributed by atoms with Gasteiger partial charge in [0.1, 0.15) is 0 Å². The van der Waals surface area contributed by atoms with Crippen LogP contribution in [0.25, 0.3) is 0 Å². The van der Waals surface area contributed by atoms with E-state index in [-0.39, 0.29) is 11.9 Å². The molecule has 92 valence electrons. The van der Waals surface area contributed by atoms with E-state index in [4.69, 9.17) is 0 Å². The standard InChI is InChI=1S/C11H21N3OS/c1-4-14-10(5-6-13-14)7-12-9(2)11(8-15)16-3/h5-6,9,11-12,15H,4,7-8H2,1-3H3. The van der Waals surface area contributed by atoms with Gasteiger partial charge in [0, 0.05) is 30.6 Å². The second-order valence-electron chi connectivity index (χ2n) is 3.76. The van der Waals surface area contributed by atoms with Gasteiger partial charge in [0.2, 0.25) is 0 Å². The van der Waals surface area contributed by atoms with Crippen molar-refractivity contribution in [2.24, 2.45) is 0 Å². The van der Waals surface area contributed by atoms with Crippen molar-refractivity contribution in [3.63, 3.8) is 0 Å². The first kappa shape index (κ1) is 13.5. The summed E-state index contributed by atoms with van der Waals surface area (Å²) in [7, 11) is 0. The van der Waals surface area contributed by atoms with E-state index in [1.807, 2.05) is 23.2 Å². The number of aliphatic hydroxyl groups excluding tert-OH is 1. The molecule has 16 heavy (non-hydrogen) atoms. The Labute approximate surface area is 101 Å². The predicted octanol–water partition coefficient (Wildman–Crippen LogP) is 1.10. The van der Waals surface area contributed by atoms with Gasteiger partial charge in [-0.25, -0.2) is 0 Å². The zero-order valence-corrected chi connectivity index (χ0v) is 11.0. The molecule has 0 saturated carbocycles. The summed E-state index contributed by atoms with van der Waals surface area (Å²) in [6, 6.07) is 2.32. The lowest BCUT2D eigenvalue weighted by atomic mass is 10.2. The smallest absolute Gasteiger partial charge is 0.0564 e. The third-order valence-electron chi connectivity index (χ3n) is 2.75. The van der Waals surface area contributed by atoms with E-state index in [9.17, 15) is 5.11 Å². The Bertz CT molecular complexity index is 299. The van der Waals surface area contributed by atoms with Crippen LogP contribution in [0, 0.1) is 0 Å². The van der Waals surface area contributed by atoms with Gasteiger partial charge in [-0.3, -0.25) is 4.68 Å². The van der Waals surface area contributed by atoms with Crippen LogP contribution in [0.4, 0.5) is 0 Å². The molecule has 1 aromatic rings. The van der Waals surface area contributed by atoms with Crippen molar-refractivity contribution >= 4 is 11.8 Å². The molecule has 0 amide bonds. The van der Waals surface area contributed by atoms with Crippen molar-refractivity contribution in [3.05, 3.63) is 18.0 Å². The van der Waals surface area contributed by atoms with Crippen LogP contribution in [0.3, 0.4) is 0 Å². The lowest BCUT2D eigenvalue weighted by molar-refractivity contribution is 0.275. The number of aryl methyl sites for hydroxylation is 1. The molecule has 4 nitrogen and oxygen atoms in total. The van der Waals surface area contributed by atoms with Crippen LogP contribution in [0.15, 0.2) is 12.3 Å². The molecule has 0 aliphatic heterocycles. The number of nitrogens with zero attached hydrogens (tertiary/aromatic N) is 2. The van der Waals surface area contributed by atoms with Crippen molar-refractivity contribution < 1.29 is 5.11 Å². The fourth-order valence-corrected chi connectivity index (χ4v) is 2.28. The monoisotopic (exact) mass is 243 g/mol. The average Bonchev–Trinajstić information content (AvgIpc) is 2.75. The molecule has 1 heterocycles. The van der Waals surface area contributed by atoms with Crippen molar-refractivity contribution in [2.75, 3.05) is 12.9 Å². The van der Waals surface area contributed by atoms with Crippen molar-refractivity contribution in [2.45, 2.75) is 38.2 Å². The number of aliphatic hydroxyl groups is 1. The first-order valence-electron chi connectivity index (χ1n) is 5.60. The number of hydrogen-bond acceptors (Lipinski definition) is 4. The fraction of sp³-hybridized carbons (Fsp3) is 0.727. The molecule has 0 aliphatic rings. The highest BCUT2D eigenvalue weighted by atomic mass is 32.2. The second-order valence-corrected chi connectivity index (χ2v) is 4.84. The number of hydrogen-bond donors (Lipinski definition) is 2. The van der Waals surface area contributed by atoms with Crippen molar-refractivity contribution in [1.82, 2.24) is 15.1 Å². The summed E-state index contributed by atoms with van der Waals surface area (Å²) in [6.07, 6.45) is 3.85. The number of rotatable bonds is 7. The lowest BCUT2D eigenvalue weighted by Gasteiger charge is -2.21. The summed E-state index contributed by atoms with van der Waals surface area (Å²) in [4.78, 5) is 0. The minimum Gasteiger partial charge on any atom is -0.395 e. The quantitative estimate of drug-likeness (QED) is 0.753. The number of thioether (sulfide) groups is 1. The maximum absolute atomic E-state index is 9.18. The SMILES string of the molecule is CCn1nccc1CNC(C)C(CO)SC. The third kappa shape index (κ3) is 3.50. The van der Waals surface area contributed by atoms with E-state index in [1.165, 1.54) is 5.69 Å². The summed E-state index contributed by atoms with van der Waals surface area (Å²) in [6.45, 7) is 6.08. The van der Waals surface area contributed by atoms with Crippen LogP contribution in [0.5, 0.6) is 0 Å². The van der Waals surface area contributed by atoms with Crippen LogP contribution in [0.1, 0.15) is 19.5 Å². The van der Waals surface area contributed by atoms with Gasteiger partial charge in [0.25, 0.3) is 0 Å². The number of nitrogens with one attached hydrogen (secondary N) is 1. The van der Waals surface area contributed by atoms with E-state index in [2.05, 4.69) is 24.3 Å². The molecule has 0 fully saturated rings. The Kier molecular flexibility index (Phi) is 5.87. The minimum absolute atomic E-state index is 0.211. The van der Waals surface area contributed by atoms with Crippen molar-refractivity contribution in [1.29, 1.82) is 0 Å².